The van der Waals surface area contributed by atoms with Crippen LogP contribution in [0.3, 0.4) is 0 Å². The van der Waals surface area contributed by atoms with Crippen molar-refractivity contribution in [2.24, 2.45) is 0 Å². The highest BCUT2D eigenvalue weighted by atomic mass is 16.4. The van der Waals surface area contributed by atoms with E-state index in [4.69, 9.17) is 4.42 Å². The Bertz CT molecular complexity index is 1090. The zero-order valence-corrected chi connectivity index (χ0v) is 16.5. The molecule has 2 amide bonds. The molecule has 0 spiro atoms. The maximum Gasteiger partial charge on any atom is 0.322 e. The molecule has 7 nitrogen and oxygen atoms in total. The summed E-state index contributed by atoms with van der Waals surface area (Å²) in [5.74, 6) is -0.0850. The third-order valence-corrected chi connectivity index (χ3v) is 5.81. The smallest absolute Gasteiger partial charge is 0.322 e. The molecule has 152 valence electrons. The Labute approximate surface area is 174 Å². The van der Waals surface area contributed by atoms with E-state index < -0.39 is 0 Å². The summed E-state index contributed by atoms with van der Waals surface area (Å²) in [6.07, 6.45) is 4.74. The number of hydrogen-bond donors (Lipinski definition) is 1. The SMILES string of the molecule is O=C(Nc1nnc(C2CC(=O)N(c3ccccc3)C2)o1)c1ccc2c(c1)CCCC2. The molecule has 3 aromatic rings. The molecule has 1 saturated heterocycles. The minimum Gasteiger partial charge on any atom is -0.407 e. The van der Waals surface area contributed by atoms with Crippen molar-refractivity contribution in [2.75, 3.05) is 16.8 Å². The highest BCUT2D eigenvalue weighted by molar-refractivity contribution is 6.03. The Balaban J connectivity index is 1.27. The van der Waals surface area contributed by atoms with Crippen LogP contribution in [0.1, 0.15) is 52.6 Å². The number of anilines is 2. The Morgan fingerprint density at radius 3 is 2.67 bits per heavy atom. The second-order valence-corrected chi connectivity index (χ2v) is 7.83. The number of nitrogens with zero attached hydrogens (tertiary/aromatic N) is 3. The highest BCUT2D eigenvalue weighted by Crippen LogP contribution is 2.31. The van der Waals surface area contributed by atoms with Crippen molar-refractivity contribution < 1.29 is 14.0 Å². The van der Waals surface area contributed by atoms with Gasteiger partial charge in [-0.15, -0.1) is 5.10 Å². The van der Waals surface area contributed by atoms with Gasteiger partial charge in [-0.05, 0) is 61.1 Å². The maximum absolute atomic E-state index is 12.6. The minimum absolute atomic E-state index is 0.0176. The first-order valence-corrected chi connectivity index (χ1v) is 10.3. The molecule has 5 rings (SSSR count). The first-order valence-electron chi connectivity index (χ1n) is 10.3. The van der Waals surface area contributed by atoms with Crippen LogP contribution in [-0.2, 0) is 17.6 Å². The van der Waals surface area contributed by atoms with Crippen LogP contribution < -0.4 is 10.2 Å². The molecule has 1 aliphatic carbocycles. The summed E-state index contributed by atoms with van der Waals surface area (Å²) in [4.78, 5) is 26.8. The Kier molecular flexibility index (Phi) is 4.78. The lowest BCUT2D eigenvalue weighted by Gasteiger charge is -2.16. The number of aryl methyl sites for hydroxylation is 2. The van der Waals surface area contributed by atoms with E-state index in [1.54, 1.807) is 4.90 Å². The van der Waals surface area contributed by atoms with Gasteiger partial charge in [0.05, 0.1) is 5.92 Å². The van der Waals surface area contributed by atoms with Crippen molar-refractivity contribution in [3.05, 3.63) is 71.1 Å². The summed E-state index contributed by atoms with van der Waals surface area (Å²) >= 11 is 0. The topological polar surface area (TPSA) is 88.3 Å². The largest absolute Gasteiger partial charge is 0.407 e. The summed E-state index contributed by atoms with van der Waals surface area (Å²) in [5, 5.41) is 10.7. The standard InChI is InChI=1S/C23H22N4O3/c28-20-13-18(14-27(20)19-8-2-1-3-9-19)22-25-26-23(30-22)24-21(29)17-11-10-15-6-4-5-7-16(15)12-17/h1-3,8-12,18H,4-7,13-14H2,(H,24,26,29). The summed E-state index contributed by atoms with van der Waals surface area (Å²) in [6.45, 7) is 0.475. The van der Waals surface area contributed by atoms with E-state index in [1.807, 2.05) is 48.5 Å². The lowest BCUT2D eigenvalue weighted by Crippen LogP contribution is -2.24. The highest BCUT2D eigenvalue weighted by Gasteiger charge is 2.35. The molecule has 2 heterocycles. The molecule has 0 saturated carbocycles. The van der Waals surface area contributed by atoms with E-state index in [0.717, 1.165) is 24.9 Å². The first kappa shape index (κ1) is 18.5. The predicted molar refractivity (Wildman–Crippen MR) is 111 cm³/mol. The van der Waals surface area contributed by atoms with Crippen LogP contribution >= 0.6 is 0 Å². The second kappa shape index (κ2) is 7.74. The summed E-state index contributed by atoms with van der Waals surface area (Å²) in [5.41, 5.74) is 4.00. The molecule has 1 aliphatic heterocycles. The van der Waals surface area contributed by atoms with Gasteiger partial charge in [-0.25, -0.2) is 0 Å². The van der Waals surface area contributed by atoms with Crippen molar-refractivity contribution in [3.8, 4) is 0 Å². The van der Waals surface area contributed by atoms with Gasteiger partial charge >= 0.3 is 6.01 Å². The van der Waals surface area contributed by atoms with Crippen molar-refractivity contribution in [1.29, 1.82) is 0 Å². The predicted octanol–water partition coefficient (Wildman–Crippen LogP) is 3.72. The Morgan fingerprint density at radius 2 is 1.83 bits per heavy atom. The third kappa shape index (κ3) is 3.58. The van der Waals surface area contributed by atoms with Crippen LogP contribution in [0.5, 0.6) is 0 Å². The van der Waals surface area contributed by atoms with Gasteiger partial charge in [-0.3, -0.25) is 14.9 Å². The van der Waals surface area contributed by atoms with Crippen molar-refractivity contribution in [3.63, 3.8) is 0 Å². The lowest BCUT2D eigenvalue weighted by molar-refractivity contribution is -0.117. The fraction of sp³-hybridized carbons (Fsp3) is 0.304. The second-order valence-electron chi connectivity index (χ2n) is 7.83. The first-order chi connectivity index (χ1) is 14.7. The number of carbonyl (C=O) groups is 2. The van der Waals surface area contributed by atoms with E-state index in [9.17, 15) is 9.59 Å². The molecule has 2 aromatic carbocycles. The molecule has 1 N–H and O–H groups in total. The van der Waals surface area contributed by atoms with E-state index in [2.05, 4.69) is 15.5 Å². The molecule has 1 unspecified atom stereocenters. The number of hydrogen-bond acceptors (Lipinski definition) is 5. The number of rotatable bonds is 4. The average Bonchev–Trinajstić information content (AvgIpc) is 3.40. The van der Waals surface area contributed by atoms with Gasteiger partial charge in [0.2, 0.25) is 11.8 Å². The van der Waals surface area contributed by atoms with Gasteiger partial charge in [-0.1, -0.05) is 29.4 Å². The fourth-order valence-electron chi connectivity index (χ4n) is 4.22. The van der Waals surface area contributed by atoms with Gasteiger partial charge in [0, 0.05) is 24.2 Å². The van der Waals surface area contributed by atoms with Gasteiger partial charge in [0.15, 0.2) is 0 Å². The van der Waals surface area contributed by atoms with Gasteiger partial charge in [-0.2, -0.15) is 0 Å². The quantitative estimate of drug-likeness (QED) is 0.719. The molecule has 0 radical (unpaired) electrons. The molecule has 1 atom stereocenters. The normalized spacial score (nSPS) is 18.3. The van der Waals surface area contributed by atoms with E-state index in [0.29, 0.717) is 24.4 Å². The van der Waals surface area contributed by atoms with Crippen molar-refractivity contribution >= 4 is 23.5 Å². The van der Waals surface area contributed by atoms with Gasteiger partial charge in [0.1, 0.15) is 0 Å². The molecule has 0 bridgehead atoms. The molecular weight excluding hydrogens is 380 g/mol. The lowest BCUT2D eigenvalue weighted by atomic mass is 9.90. The Hall–Kier alpha value is -3.48. The molecular formula is C23H22N4O3. The number of benzene rings is 2. The van der Waals surface area contributed by atoms with Gasteiger partial charge < -0.3 is 9.32 Å². The average molecular weight is 402 g/mol. The zero-order chi connectivity index (χ0) is 20.5. The van der Waals surface area contributed by atoms with Crippen LogP contribution in [0.25, 0.3) is 0 Å². The van der Waals surface area contributed by atoms with Crippen LogP contribution in [0.2, 0.25) is 0 Å². The number of carbonyl (C=O) groups excluding carboxylic acids is 2. The van der Waals surface area contributed by atoms with Crippen LogP contribution in [-0.4, -0.2) is 28.6 Å². The van der Waals surface area contributed by atoms with Gasteiger partial charge in [0.25, 0.3) is 5.91 Å². The maximum atomic E-state index is 12.6. The number of para-hydroxylation sites is 1. The van der Waals surface area contributed by atoms with Crippen molar-refractivity contribution in [2.45, 2.75) is 38.0 Å². The third-order valence-electron chi connectivity index (χ3n) is 5.81. The Morgan fingerprint density at radius 1 is 1.03 bits per heavy atom. The molecule has 30 heavy (non-hydrogen) atoms. The number of nitrogens with one attached hydrogen (secondary N) is 1. The van der Waals surface area contributed by atoms with Crippen LogP contribution in [0.15, 0.2) is 52.9 Å². The number of amides is 2. The zero-order valence-electron chi connectivity index (χ0n) is 16.5. The van der Waals surface area contributed by atoms with Crippen molar-refractivity contribution in [1.82, 2.24) is 10.2 Å². The van der Waals surface area contributed by atoms with E-state index >= 15 is 0 Å². The summed E-state index contributed by atoms with van der Waals surface area (Å²) in [6, 6.07) is 15.4. The molecule has 1 fully saturated rings. The molecule has 2 aliphatic rings. The van der Waals surface area contributed by atoms with E-state index in [-0.39, 0.29) is 23.7 Å². The monoisotopic (exact) mass is 402 g/mol. The number of fused-ring (bicyclic) bond motifs is 1. The molecule has 1 aromatic heterocycles. The number of aromatic nitrogens is 2. The summed E-state index contributed by atoms with van der Waals surface area (Å²) in [7, 11) is 0. The van der Waals surface area contributed by atoms with E-state index in [1.165, 1.54) is 17.5 Å². The fourth-order valence-corrected chi connectivity index (χ4v) is 4.22. The van der Waals surface area contributed by atoms with Crippen LogP contribution in [0.4, 0.5) is 11.7 Å². The summed E-state index contributed by atoms with van der Waals surface area (Å²) < 4.78 is 5.67. The minimum atomic E-state index is -0.271. The molecule has 7 heteroatoms. The van der Waals surface area contributed by atoms with Crippen LogP contribution in [0, 0.1) is 0 Å².